The summed E-state index contributed by atoms with van der Waals surface area (Å²) in [5.41, 5.74) is 0. The number of anilines is 2. The van der Waals surface area contributed by atoms with Gasteiger partial charge in [-0.2, -0.15) is 15.0 Å². The third kappa shape index (κ3) is 4.29. The number of nitrogens with one attached hydrogen (secondary N) is 2. The molecular formula is C12H21N5O2S. The Hall–Kier alpha value is -1.44. The molecule has 0 radical (unpaired) electrons. The number of aromatic nitrogens is 3. The first-order valence-corrected chi connectivity index (χ1v) is 8.44. The van der Waals surface area contributed by atoms with Crippen molar-refractivity contribution in [3.8, 4) is 6.01 Å². The summed E-state index contributed by atoms with van der Waals surface area (Å²) in [4.78, 5) is 12.7. The highest BCUT2D eigenvalue weighted by Gasteiger charge is 2.19. The van der Waals surface area contributed by atoms with E-state index in [4.69, 9.17) is 4.74 Å². The summed E-state index contributed by atoms with van der Waals surface area (Å²) in [6.45, 7) is 5.11. The number of hydrogen-bond donors (Lipinski definition) is 2. The first-order chi connectivity index (χ1) is 9.71. The molecule has 0 bridgehead atoms. The number of nitrogens with zero attached hydrogens (tertiary/aromatic N) is 3. The van der Waals surface area contributed by atoms with Gasteiger partial charge in [0, 0.05) is 34.9 Å². The fourth-order valence-electron chi connectivity index (χ4n) is 1.97. The normalized spacial score (nSPS) is 22.3. The summed E-state index contributed by atoms with van der Waals surface area (Å²) in [5.74, 6) is 2.49. The minimum Gasteiger partial charge on any atom is -0.464 e. The van der Waals surface area contributed by atoms with Crippen LogP contribution in [0.3, 0.4) is 0 Å². The molecule has 7 nitrogen and oxygen atoms in total. The summed E-state index contributed by atoms with van der Waals surface area (Å²) in [6.07, 6.45) is 1.75. The summed E-state index contributed by atoms with van der Waals surface area (Å²) >= 11 is 0. The predicted molar refractivity (Wildman–Crippen MR) is 79.7 cm³/mol. The highest BCUT2D eigenvalue weighted by molar-refractivity contribution is 7.85. The molecule has 0 aromatic carbocycles. The van der Waals surface area contributed by atoms with Gasteiger partial charge < -0.3 is 15.4 Å². The van der Waals surface area contributed by atoms with Crippen molar-refractivity contribution in [3.05, 3.63) is 0 Å². The largest absolute Gasteiger partial charge is 0.464 e. The van der Waals surface area contributed by atoms with Gasteiger partial charge in [0.15, 0.2) is 0 Å². The van der Waals surface area contributed by atoms with Crippen molar-refractivity contribution >= 4 is 22.7 Å². The second-order valence-corrected chi connectivity index (χ2v) is 6.19. The van der Waals surface area contributed by atoms with Crippen LogP contribution in [-0.4, -0.2) is 49.9 Å². The second-order valence-electron chi connectivity index (χ2n) is 4.50. The monoisotopic (exact) mass is 299 g/mol. The van der Waals surface area contributed by atoms with Crippen molar-refractivity contribution in [1.82, 2.24) is 15.0 Å². The van der Waals surface area contributed by atoms with Crippen LogP contribution in [0.1, 0.15) is 26.7 Å². The lowest BCUT2D eigenvalue weighted by Gasteiger charge is -2.22. The van der Waals surface area contributed by atoms with Crippen molar-refractivity contribution in [1.29, 1.82) is 0 Å². The zero-order valence-corrected chi connectivity index (χ0v) is 12.7. The van der Waals surface area contributed by atoms with Crippen LogP contribution in [0.2, 0.25) is 0 Å². The molecule has 20 heavy (non-hydrogen) atoms. The maximum absolute atomic E-state index is 11.4. The summed E-state index contributed by atoms with van der Waals surface area (Å²) in [7, 11) is -0.664. The van der Waals surface area contributed by atoms with Crippen LogP contribution in [0.15, 0.2) is 0 Å². The van der Waals surface area contributed by atoms with Crippen LogP contribution in [0.4, 0.5) is 11.9 Å². The van der Waals surface area contributed by atoms with E-state index in [0.29, 0.717) is 24.5 Å². The predicted octanol–water partition coefficient (Wildman–Crippen LogP) is 1.03. The molecule has 1 saturated heterocycles. The second kappa shape index (κ2) is 7.37. The van der Waals surface area contributed by atoms with Crippen LogP contribution in [0.25, 0.3) is 0 Å². The summed E-state index contributed by atoms with van der Waals surface area (Å²) in [6, 6.07) is 0.583. The van der Waals surface area contributed by atoms with Gasteiger partial charge in [-0.25, -0.2) is 0 Å². The van der Waals surface area contributed by atoms with E-state index in [1.54, 1.807) is 0 Å². The van der Waals surface area contributed by atoms with Crippen LogP contribution in [0, 0.1) is 0 Å². The highest BCUT2D eigenvalue weighted by atomic mass is 32.2. The zero-order chi connectivity index (χ0) is 14.4. The molecule has 0 unspecified atom stereocenters. The van der Waals surface area contributed by atoms with Gasteiger partial charge in [-0.05, 0) is 26.7 Å². The first-order valence-electron chi connectivity index (χ1n) is 6.95. The van der Waals surface area contributed by atoms with E-state index >= 15 is 0 Å². The Morgan fingerprint density at radius 2 is 1.90 bits per heavy atom. The van der Waals surface area contributed by atoms with Gasteiger partial charge in [0.25, 0.3) is 0 Å². The molecule has 1 aliphatic heterocycles. The van der Waals surface area contributed by atoms with Crippen molar-refractivity contribution in [3.63, 3.8) is 0 Å². The molecule has 2 N–H and O–H groups in total. The molecule has 112 valence electrons. The van der Waals surface area contributed by atoms with Gasteiger partial charge in [0.2, 0.25) is 11.9 Å². The van der Waals surface area contributed by atoms with E-state index in [1.165, 1.54) is 0 Å². The standard InChI is InChI=1S/C12H21N5O2S/c1-3-13-10-15-11(17-12(16-10)19-4-2)14-9-5-7-20(18)8-6-9/h9H,3-8H2,1-2H3,(H2,13,14,15,16,17). The third-order valence-corrected chi connectivity index (χ3v) is 4.33. The van der Waals surface area contributed by atoms with E-state index in [-0.39, 0.29) is 6.04 Å². The van der Waals surface area contributed by atoms with Gasteiger partial charge in [-0.15, -0.1) is 0 Å². The molecule has 2 rings (SSSR count). The summed E-state index contributed by atoms with van der Waals surface area (Å²) in [5, 5.41) is 6.34. The lowest BCUT2D eigenvalue weighted by Crippen LogP contribution is -2.30. The van der Waals surface area contributed by atoms with Crippen molar-refractivity contribution < 1.29 is 8.95 Å². The Balaban J connectivity index is 2.06. The first kappa shape index (κ1) is 15.0. The average molecular weight is 299 g/mol. The minimum atomic E-state index is -0.664. The number of hydrogen-bond acceptors (Lipinski definition) is 7. The van der Waals surface area contributed by atoms with Gasteiger partial charge in [0.05, 0.1) is 6.61 Å². The molecule has 0 saturated carbocycles. The van der Waals surface area contributed by atoms with E-state index < -0.39 is 10.8 Å². The quantitative estimate of drug-likeness (QED) is 0.810. The Labute approximate surface area is 121 Å². The fourth-order valence-corrected chi connectivity index (χ4v) is 3.27. The number of rotatable bonds is 6. The minimum absolute atomic E-state index is 0.263. The zero-order valence-electron chi connectivity index (χ0n) is 11.9. The van der Waals surface area contributed by atoms with Crippen LogP contribution < -0.4 is 15.4 Å². The van der Waals surface area contributed by atoms with Gasteiger partial charge in [-0.1, -0.05) is 0 Å². The topological polar surface area (TPSA) is 89.0 Å². The van der Waals surface area contributed by atoms with Crippen molar-refractivity contribution in [2.75, 3.05) is 35.3 Å². The highest BCUT2D eigenvalue weighted by Crippen LogP contribution is 2.16. The maximum atomic E-state index is 11.4. The van der Waals surface area contributed by atoms with Crippen LogP contribution in [-0.2, 0) is 10.8 Å². The van der Waals surface area contributed by atoms with E-state index in [1.807, 2.05) is 13.8 Å². The SMILES string of the molecule is CCNc1nc(NC2CCS(=O)CC2)nc(OCC)n1. The smallest absolute Gasteiger partial charge is 0.323 e. The lowest BCUT2D eigenvalue weighted by molar-refractivity contribution is 0.312. The Morgan fingerprint density at radius 1 is 1.20 bits per heavy atom. The maximum Gasteiger partial charge on any atom is 0.323 e. The fraction of sp³-hybridized carbons (Fsp3) is 0.750. The molecular weight excluding hydrogens is 278 g/mol. The molecule has 0 aliphatic carbocycles. The Kier molecular flexibility index (Phi) is 5.51. The molecule has 2 heterocycles. The molecule has 1 aromatic rings. The third-order valence-electron chi connectivity index (χ3n) is 2.94. The molecule has 0 amide bonds. The van der Waals surface area contributed by atoms with E-state index in [9.17, 15) is 4.21 Å². The lowest BCUT2D eigenvalue weighted by atomic mass is 10.2. The van der Waals surface area contributed by atoms with Crippen LogP contribution in [0.5, 0.6) is 6.01 Å². The van der Waals surface area contributed by atoms with Crippen molar-refractivity contribution in [2.24, 2.45) is 0 Å². The Bertz CT molecular complexity index is 437. The number of ether oxygens (including phenoxy) is 1. The summed E-state index contributed by atoms with van der Waals surface area (Å²) < 4.78 is 16.7. The molecule has 8 heteroatoms. The van der Waals surface area contributed by atoms with Crippen molar-refractivity contribution in [2.45, 2.75) is 32.7 Å². The van der Waals surface area contributed by atoms with Crippen LogP contribution >= 0.6 is 0 Å². The van der Waals surface area contributed by atoms with Gasteiger partial charge in [0.1, 0.15) is 0 Å². The Morgan fingerprint density at radius 3 is 2.55 bits per heavy atom. The molecule has 0 spiro atoms. The molecule has 0 atom stereocenters. The molecule has 1 fully saturated rings. The van der Waals surface area contributed by atoms with Gasteiger partial charge >= 0.3 is 6.01 Å². The molecule has 1 aromatic heterocycles. The van der Waals surface area contributed by atoms with Gasteiger partial charge in [-0.3, -0.25) is 4.21 Å². The van der Waals surface area contributed by atoms with E-state index in [2.05, 4.69) is 25.6 Å². The average Bonchev–Trinajstić information content (AvgIpc) is 2.42. The van der Waals surface area contributed by atoms with E-state index in [0.717, 1.165) is 30.9 Å². The molecule has 1 aliphatic rings.